The summed E-state index contributed by atoms with van der Waals surface area (Å²) in [6.45, 7) is 1.68. The molecule has 0 heterocycles. The molecule has 0 radical (unpaired) electrons. The number of aryl methyl sites for hydroxylation is 1. The molecule has 0 saturated carbocycles. The largest absolute Gasteiger partial charge is 0.483 e. The van der Waals surface area contributed by atoms with Crippen LogP contribution in [0.2, 0.25) is 10.0 Å². The molecule has 0 atom stereocenters. The van der Waals surface area contributed by atoms with Crippen molar-refractivity contribution in [1.82, 2.24) is 5.43 Å². The third kappa shape index (κ3) is 7.81. The number of halogens is 3. The summed E-state index contributed by atoms with van der Waals surface area (Å²) in [7, 11) is 0. The van der Waals surface area contributed by atoms with Gasteiger partial charge in [-0.1, -0.05) is 57.3 Å². The van der Waals surface area contributed by atoms with Gasteiger partial charge in [0.05, 0.1) is 21.9 Å². The highest BCUT2D eigenvalue weighted by Crippen LogP contribution is 2.29. The zero-order chi connectivity index (χ0) is 25.4. The van der Waals surface area contributed by atoms with Gasteiger partial charge in [-0.05, 0) is 55.0 Å². The zero-order valence-electron chi connectivity index (χ0n) is 18.3. The fourth-order valence-corrected chi connectivity index (χ4v) is 3.53. The van der Waals surface area contributed by atoms with Crippen LogP contribution in [-0.2, 0) is 14.4 Å². The zero-order valence-corrected chi connectivity index (χ0v) is 21.4. The van der Waals surface area contributed by atoms with Crippen LogP contribution in [0.3, 0.4) is 0 Å². The van der Waals surface area contributed by atoms with Gasteiger partial charge < -0.3 is 15.4 Å². The number of ether oxygens (including phenoxy) is 1. The molecule has 0 aliphatic carbocycles. The number of nitrogens with zero attached hydrogens (tertiary/aromatic N) is 1. The molecule has 8 nitrogen and oxygen atoms in total. The topological polar surface area (TPSA) is 109 Å². The van der Waals surface area contributed by atoms with E-state index in [1.165, 1.54) is 12.3 Å². The monoisotopic (exact) mass is 576 g/mol. The molecule has 0 saturated heterocycles. The van der Waals surface area contributed by atoms with Crippen LogP contribution in [0.25, 0.3) is 0 Å². The number of benzene rings is 3. The van der Waals surface area contributed by atoms with E-state index in [0.29, 0.717) is 17.0 Å². The second kappa shape index (κ2) is 12.3. The first-order valence-corrected chi connectivity index (χ1v) is 11.6. The maximum absolute atomic E-state index is 12.3. The second-order valence-corrected chi connectivity index (χ2v) is 8.84. The molecule has 3 rings (SSSR count). The molecule has 3 N–H and O–H groups in total. The molecule has 0 fully saturated rings. The maximum atomic E-state index is 12.3. The average molecular weight is 578 g/mol. The first-order valence-electron chi connectivity index (χ1n) is 10.1. The van der Waals surface area contributed by atoms with Crippen LogP contribution in [0.5, 0.6) is 5.75 Å². The molecule has 35 heavy (non-hydrogen) atoms. The Labute approximate surface area is 219 Å². The predicted molar refractivity (Wildman–Crippen MR) is 140 cm³/mol. The standard InChI is InChI=1S/C24H19BrCl2N4O4/c1-14-4-2-5-17(10-14)29-21(32)13-35-20-9-8-16(25)11-15(20)12-28-31-24(34)23(33)30-19-7-3-6-18(26)22(19)27/h2-12H,13H2,1H3,(H,29,32)(H,30,33)(H,31,34)/b28-12-. The Morgan fingerprint density at radius 1 is 1.00 bits per heavy atom. The van der Waals surface area contributed by atoms with Crippen molar-refractivity contribution in [1.29, 1.82) is 0 Å². The normalized spacial score (nSPS) is 10.6. The number of carbonyl (C=O) groups excluding carboxylic acids is 3. The van der Waals surface area contributed by atoms with Gasteiger partial charge in [-0.2, -0.15) is 5.10 Å². The van der Waals surface area contributed by atoms with Crippen molar-refractivity contribution in [3.05, 3.63) is 86.3 Å². The fourth-order valence-electron chi connectivity index (χ4n) is 2.81. The second-order valence-electron chi connectivity index (χ2n) is 7.14. The van der Waals surface area contributed by atoms with E-state index >= 15 is 0 Å². The lowest BCUT2D eigenvalue weighted by Gasteiger charge is -2.10. The Morgan fingerprint density at radius 2 is 1.77 bits per heavy atom. The van der Waals surface area contributed by atoms with Gasteiger partial charge in [-0.3, -0.25) is 14.4 Å². The summed E-state index contributed by atoms with van der Waals surface area (Å²) in [5.74, 6) is -2.00. The molecule has 0 unspecified atom stereocenters. The van der Waals surface area contributed by atoms with Crippen LogP contribution in [0.4, 0.5) is 11.4 Å². The Hall–Kier alpha value is -3.40. The van der Waals surface area contributed by atoms with E-state index in [9.17, 15) is 14.4 Å². The van der Waals surface area contributed by atoms with Crippen LogP contribution in [0, 0.1) is 6.92 Å². The van der Waals surface area contributed by atoms with Crippen LogP contribution in [0.1, 0.15) is 11.1 Å². The number of nitrogens with one attached hydrogen (secondary N) is 3. The molecule has 0 aliphatic heterocycles. The minimum atomic E-state index is -1.02. The number of amides is 3. The van der Waals surface area contributed by atoms with E-state index in [-0.39, 0.29) is 28.2 Å². The molecule has 3 amide bonds. The van der Waals surface area contributed by atoms with Crippen LogP contribution in [0.15, 0.2) is 70.2 Å². The summed E-state index contributed by atoms with van der Waals surface area (Å²) in [5.41, 5.74) is 4.45. The highest BCUT2D eigenvalue weighted by molar-refractivity contribution is 9.10. The average Bonchev–Trinajstić information content (AvgIpc) is 2.81. The van der Waals surface area contributed by atoms with E-state index < -0.39 is 11.8 Å². The van der Waals surface area contributed by atoms with Crippen molar-refractivity contribution in [2.24, 2.45) is 5.10 Å². The number of anilines is 2. The summed E-state index contributed by atoms with van der Waals surface area (Å²) < 4.78 is 6.34. The van der Waals surface area contributed by atoms with Gasteiger partial charge in [0.25, 0.3) is 5.91 Å². The molecule has 11 heteroatoms. The fraction of sp³-hybridized carbons (Fsp3) is 0.0833. The van der Waals surface area contributed by atoms with Gasteiger partial charge in [0.15, 0.2) is 6.61 Å². The lowest BCUT2D eigenvalue weighted by Crippen LogP contribution is -2.32. The van der Waals surface area contributed by atoms with Crippen LogP contribution >= 0.6 is 39.1 Å². The van der Waals surface area contributed by atoms with Gasteiger partial charge in [-0.25, -0.2) is 5.43 Å². The smallest absolute Gasteiger partial charge is 0.329 e. The lowest BCUT2D eigenvalue weighted by atomic mass is 10.2. The van der Waals surface area contributed by atoms with E-state index in [2.05, 4.69) is 37.1 Å². The molecule has 0 aromatic heterocycles. The van der Waals surface area contributed by atoms with Crippen LogP contribution in [-0.4, -0.2) is 30.5 Å². The minimum Gasteiger partial charge on any atom is -0.483 e. The number of carbonyl (C=O) groups is 3. The molecule has 0 spiro atoms. The van der Waals surface area contributed by atoms with Gasteiger partial charge in [0.2, 0.25) is 0 Å². The highest BCUT2D eigenvalue weighted by Gasteiger charge is 2.15. The summed E-state index contributed by atoms with van der Waals surface area (Å²) in [6, 6.07) is 17.1. The summed E-state index contributed by atoms with van der Waals surface area (Å²) in [4.78, 5) is 36.5. The van der Waals surface area contributed by atoms with E-state index in [1.807, 2.05) is 25.1 Å². The number of hydrogen-bond donors (Lipinski definition) is 3. The van der Waals surface area contributed by atoms with Gasteiger partial charge >= 0.3 is 11.8 Å². The Bertz CT molecular complexity index is 1300. The van der Waals surface area contributed by atoms with Crippen molar-refractivity contribution in [2.75, 3.05) is 17.2 Å². The van der Waals surface area contributed by atoms with Crippen molar-refractivity contribution < 1.29 is 19.1 Å². The van der Waals surface area contributed by atoms with E-state index in [4.69, 9.17) is 27.9 Å². The quantitative estimate of drug-likeness (QED) is 0.204. The Balaban J connectivity index is 1.59. The number of hydrogen-bond acceptors (Lipinski definition) is 5. The van der Waals surface area contributed by atoms with Crippen LogP contribution < -0.4 is 20.8 Å². The van der Waals surface area contributed by atoms with Gasteiger partial charge in [0.1, 0.15) is 5.75 Å². The third-order valence-electron chi connectivity index (χ3n) is 4.41. The summed E-state index contributed by atoms with van der Waals surface area (Å²) >= 11 is 15.3. The van der Waals surface area contributed by atoms with E-state index in [0.717, 1.165) is 10.0 Å². The first-order chi connectivity index (χ1) is 16.7. The molecular formula is C24H19BrCl2N4O4. The summed E-state index contributed by atoms with van der Waals surface area (Å²) in [6.07, 6.45) is 1.29. The Morgan fingerprint density at radius 3 is 2.54 bits per heavy atom. The van der Waals surface area contributed by atoms with E-state index in [1.54, 1.807) is 36.4 Å². The maximum Gasteiger partial charge on any atom is 0.329 e. The molecule has 3 aromatic rings. The predicted octanol–water partition coefficient (Wildman–Crippen LogP) is 5.17. The lowest BCUT2D eigenvalue weighted by molar-refractivity contribution is -0.136. The summed E-state index contributed by atoms with van der Waals surface area (Å²) in [5, 5.41) is 9.26. The molecule has 0 bridgehead atoms. The van der Waals surface area contributed by atoms with Crippen molar-refractivity contribution >= 4 is 74.4 Å². The number of rotatable bonds is 7. The first kappa shape index (κ1) is 26.2. The minimum absolute atomic E-state index is 0.112. The molecule has 180 valence electrons. The number of hydrazone groups is 1. The van der Waals surface area contributed by atoms with Crippen molar-refractivity contribution in [3.63, 3.8) is 0 Å². The third-order valence-corrected chi connectivity index (χ3v) is 5.72. The molecule has 3 aromatic carbocycles. The SMILES string of the molecule is Cc1cccc(NC(=O)COc2ccc(Br)cc2/C=N\NC(=O)C(=O)Nc2cccc(Cl)c2Cl)c1. The van der Waals surface area contributed by atoms with Crippen molar-refractivity contribution in [2.45, 2.75) is 6.92 Å². The van der Waals surface area contributed by atoms with Crippen molar-refractivity contribution in [3.8, 4) is 5.75 Å². The van der Waals surface area contributed by atoms with Gasteiger partial charge in [0, 0.05) is 15.7 Å². The molecular weight excluding hydrogens is 559 g/mol. The molecule has 0 aliphatic rings. The Kier molecular flexibility index (Phi) is 9.25. The highest BCUT2D eigenvalue weighted by atomic mass is 79.9. The van der Waals surface area contributed by atoms with Gasteiger partial charge in [-0.15, -0.1) is 0 Å².